The molecular weight excluding hydrogens is 384 g/mol. The summed E-state index contributed by atoms with van der Waals surface area (Å²) in [5, 5.41) is 3.00. The Bertz CT molecular complexity index is 1210. The second-order valence-electron chi connectivity index (χ2n) is 7.83. The Morgan fingerprint density at radius 3 is 2.20 bits per heavy atom. The molecule has 0 saturated carbocycles. The lowest BCUT2D eigenvalue weighted by molar-refractivity contribution is -0.222. The Balaban J connectivity index is 1.70. The number of hydrogen-bond donors (Lipinski definition) is 1. The lowest BCUT2D eigenvalue weighted by Crippen LogP contribution is -2.42. The Morgan fingerprint density at radius 1 is 0.933 bits per heavy atom. The molecule has 0 unspecified atom stereocenters. The molecular formula is C22H22N4O4. The van der Waals surface area contributed by atoms with Gasteiger partial charge in [0.05, 0.1) is 22.1 Å². The highest BCUT2D eigenvalue weighted by atomic mass is 16.7. The van der Waals surface area contributed by atoms with Crippen LogP contribution in [0.1, 0.15) is 19.4 Å². The van der Waals surface area contributed by atoms with Crippen molar-refractivity contribution in [2.75, 3.05) is 24.3 Å². The Labute approximate surface area is 173 Å². The van der Waals surface area contributed by atoms with Gasteiger partial charge in [-0.25, -0.2) is 19.6 Å². The van der Waals surface area contributed by atoms with Gasteiger partial charge in [0.1, 0.15) is 0 Å². The molecule has 1 fully saturated rings. The van der Waals surface area contributed by atoms with Crippen molar-refractivity contribution in [3.8, 4) is 0 Å². The van der Waals surface area contributed by atoms with Gasteiger partial charge >= 0.3 is 11.9 Å². The van der Waals surface area contributed by atoms with Gasteiger partial charge in [0.25, 0.3) is 5.79 Å². The van der Waals surface area contributed by atoms with Crippen molar-refractivity contribution in [1.29, 1.82) is 0 Å². The highest BCUT2D eigenvalue weighted by Crippen LogP contribution is 2.27. The maximum atomic E-state index is 12.1. The fourth-order valence-electron chi connectivity index (χ4n) is 3.18. The van der Waals surface area contributed by atoms with E-state index in [-0.39, 0.29) is 5.57 Å². The fraction of sp³-hybridized carbons (Fsp3) is 0.273. The molecule has 154 valence electrons. The van der Waals surface area contributed by atoms with E-state index in [0.29, 0.717) is 11.2 Å². The van der Waals surface area contributed by atoms with E-state index in [4.69, 9.17) is 19.4 Å². The molecule has 1 aliphatic rings. The predicted molar refractivity (Wildman–Crippen MR) is 114 cm³/mol. The first kappa shape index (κ1) is 19.6. The summed E-state index contributed by atoms with van der Waals surface area (Å²) < 4.78 is 10.2. The summed E-state index contributed by atoms with van der Waals surface area (Å²) in [7, 11) is 3.94. The Morgan fingerprint density at radius 2 is 1.53 bits per heavy atom. The van der Waals surface area contributed by atoms with Gasteiger partial charge < -0.3 is 19.7 Å². The van der Waals surface area contributed by atoms with E-state index < -0.39 is 17.7 Å². The largest absolute Gasteiger partial charge is 0.419 e. The zero-order valence-electron chi connectivity index (χ0n) is 17.4. The number of ether oxygens (including phenoxy) is 2. The van der Waals surface area contributed by atoms with Crippen molar-refractivity contribution in [2.24, 2.45) is 0 Å². The number of nitrogens with one attached hydrogen (secondary N) is 1. The minimum atomic E-state index is -1.27. The maximum absolute atomic E-state index is 12.1. The van der Waals surface area contributed by atoms with Crippen LogP contribution >= 0.6 is 0 Å². The first-order chi connectivity index (χ1) is 14.1. The highest BCUT2D eigenvalue weighted by Gasteiger charge is 2.38. The molecule has 8 nitrogen and oxygen atoms in total. The molecule has 2 aromatic carbocycles. The number of carbonyl (C=O) groups excluding carboxylic acids is 2. The number of anilines is 2. The number of fused-ring (bicyclic) bond motifs is 2. The molecule has 0 atom stereocenters. The van der Waals surface area contributed by atoms with Crippen LogP contribution in [-0.4, -0.2) is 41.8 Å². The molecule has 0 spiro atoms. The average molecular weight is 406 g/mol. The number of carbonyl (C=O) groups is 2. The summed E-state index contributed by atoms with van der Waals surface area (Å²) in [6, 6.07) is 9.67. The minimum absolute atomic E-state index is 0.200. The molecule has 1 saturated heterocycles. The number of esters is 2. The van der Waals surface area contributed by atoms with Gasteiger partial charge in [-0.3, -0.25) is 0 Å². The quantitative estimate of drug-likeness (QED) is 0.307. The van der Waals surface area contributed by atoms with Gasteiger partial charge in [0, 0.05) is 45.5 Å². The molecule has 0 amide bonds. The van der Waals surface area contributed by atoms with Crippen molar-refractivity contribution in [3.05, 3.63) is 47.7 Å². The summed E-state index contributed by atoms with van der Waals surface area (Å²) in [6.07, 6.45) is 1.30. The van der Waals surface area contributed by atoms with Gasteiger partial charge in [-0.2, -0.15) is 0 Å². The fourth-order valence-corrected chi connectivity index (χ4v) is 3.18. The van der Waals surface area contributed by atoms with E-state index >= 15 is 0 Å². The third-order valence-corrected chi connectivity index (χ3v) is 4.77. The Hall–Kier alpha value is -3.68. The molecule has 0 radical (unpaired) electrons. The topological polar surface area (TPSA) is 93.7 Å². The first-order valence-electron chi connectivity index (χ1n) is 9.46. The average Bonchev–Trinajstić information content (AvgIpc) is 2.64. The third-order valence-electron chi connectivity index (χ3n) is 4.77. The molecule has 30 heavy (non-hydrogen) atoms. The van der Waals surface area contributed by atoms with Gasteiger partial charge in [-0.05, 0) is 42.8 Å². The van der Waals surface area contributed by atoms with E-state index in [1.54, 1.807) is 0 Å². The van der Waals surface area contributed by atoms with Crippen LogP contribution in [0.15, 0.2) is 42.1 Å². The van der Waals surface area contributed by atoms with Crippen molar-refractivity contribution in [1.82, 2.24) is 9.97 Å². The van der Waals surface area contributed by atoms with Gasteiger partial charge in [-0.15, -0.1) is 0 Å². The summed E-state index contributed by atoms with van der Waals surface area (Å²) >= 11 is 0. The third kappa shape index (κ3) is 3.63. The van der Waals surface area contributed by atoms with Gasteiger partial charge in [-0.1, -0.05) is 0 Å². The van der Waals surface area contributed by atoms with E-state index in [1.807, 2.05) is 56.3 Å². The standard InChI is InChI=1S/C22H22N4O4/c1-12-8-17-19(25-18-9-13(26(4)5)6-7-15(18)24-17)10-16(12)23-11-14-20(27)29-22(2,3)30-21(14)28/h6-11,23H,1-5H3. The van der Waals surface area contributed by atoms with Gasteiger partial charge in [0.15, 0.2) is 5.57 Å². The second-order valence-corrected chi connectivity index (χ2v) is 7.83. The summed E-state index contributed by atoms with van der Waals surface area (Å²) in [4.78, 5) is 35.7. The van der Waals surface area contributed by atoms with Crippen LogP contribution in [0, 0.1) is 6.92 Å². The molecule has 1 aromatic heterocycles. The summed E-state index contributed by atoms with van der Waals surface area (Å²) in [5.74, 6) is -2.74. The molecule has 0 aliphatic carbocycles. The lowest BCUT2D eigenvalue weighted by atomic mass is 10.1. The van der Waals surface area contributed by atoms with Crippen molar-refractivity contribution in [3.63, 3.8) is 0 Å². The molecule has 3 aromatic rings. The number of nitrogens with zero attached hydrogens (tertiary/aromatic N) is 3. The zero-order valence-corrected chi connectivity index (χ0v) is 17.4. The Kier molecular flexibility index (Phi) is 4.57. The van der Waals surface area contributed by atoms with E-state index in [0.717, 1.165) is 27.8 Å². The van der Waals surface area contributed by atoms with Crippen molar-refractivity contribution >= 4 is 45.4 Å². The summed E-state index contributed by atoms with van der Waals surface area (Å²) in [6.45, 7) is 4.91. The van der Waals surface area contributed by atoms with Crippen LogP contribution in [0.4, 0.5) is 11.4 Å². The molecule has 2 heterocycles. The summed E-state index contributed by atoms with van der Waals surface area (Å²) in [5.41, 5.74) is 5.45. The number of benzene rings is 2. The predicted octanol–water partition coefficient (Wildman–Crippen LogP) is 3.29. The van der Waals surface area contributed by atoms with Crippen LogP contribution in [-0.2, 0) is 19.1 Å². The molecule has 1 N–H and O–H groups in total. The van der Waals surface area contributed by atoms with Crippen LogP contribution in [0.5, 0.6) is 0 Å². The van der Waals surface area contributed by atoms with Crippen molar-refractivity contribution < 1.29 is 19.1 Å². The molecule has 8 heteroatoms. The van der Waals surface area contributed by atoms with Crippen molar-refractivity contribution in [2.45, 2.75) is 26.6 Å². The number of aromatic nitrogens is 2. The molecule has 1 aliphatic heterocycles. The highest BCUT2D eigenvalue weighted by molar-refractivity contribution is 6.15. The second kappa shape index (κ2) is 6.98. The van der Waals surface area contributed by atoms with E-state index in [9.17, 15) is 9.59 Å². The number of cyclic esters (lactones) is 2. The normalized spacial score (nSPS) is 15.7. The van der Waals surface area contributed by atoms with E-state index in [2.05, 4.69) is 5.32 Å². The SMILES string of the molecule is Cc1cc2nc3ccc(N(C)C)cc3nc2cc1NC=C1C(=O)OC(C)(C)OC1=O. The molecule has 0 bridgehead atoms. The number of aryl methyl sites for hydroxylation is 1. The monoisotopic (exact) mass is 406 g/mol. The molecule has 4 rings (SSSR count). The van der Waals surface area contributed by atoms with Crippen LogP contribution in [0.3, 0.4) is 0 Å². The zero-order chi connectivity index (χ0) is 21.6. The van der Waals surface area contributed by atoms with E-state index in [1.165, 1.54) is 20.0 Å². The van der Waals surface area contributed by atoms with Crippen LogP contribution in [0.25, 0.3) is 22.1 Å². The van der Waals surface area contributed by atoms with Gasteiger partial charge in [0.2, 0.25) is 0 Å². The lowest BCUT2D eigenvalue weighted by Gasteiger charge is -2.29. The smallest absolute Gasteiger partial charge is 0.350 e. The van der Waals surface area contributed by atoms with Crippen LogP contribution in [0.2, 0.25) is 0 Å². The number of hydrogen-bond acceptors (Lipinski definition) is 8. The minimum Gasteiger partial charge on any atom is -0.419 e. The maximum Gasteiger partial charge on any atom is 0.350 e. The van der Waals surface area contributed by atoms with Crippen LogP contribution < -0.4 is 10.2 Å². The number of rotatable bonds is 3. The first-order valence-corrected chi connectivity index (χ1v) is 9.46.